The molecule has 0 spiro atoms. The summed E-state index contributed by atoms with van der Waals surface area (Å²) in [5, 5.41) is 0. The number of hydrogen-bond acceptors (Lipinski definition) is 4. The lowest BCUT2D eigenvalue weighted by atomic mass is 10.1. The number of benzene rings is 2. The van der Waals surface area contributed by atoms with Gasteiger partial charge in [-0.3, -0.25) is 4.79 Å². The highest BCUT2D eigenvalue weighted by atomic mass is 16.5. The second kappa shape index (κ2) is 4.74. The van der Waals surface area contributed by atoms with Crippen molar-refractivity contribution < 1.29 is 14.3 Å². The third-order valence-corrected chi connectivity index (χ3v) is 3.16. The number of nitrogens with two attached hydrogens (primary N) is 1. The van der Waals surface area contributed by atoms with Crippen molar-refractivity contribution in [2.45, 2.75) is 0 Å². The first-order valence-corrected chi connectivity index (χ1v) is 6.16. The zero-order valence-corrected chi connectivity index (χ0v) is 10.9. The van der Waals surface area contributed by atoms with Crippen molar-refractivity contribution in [3.8, 4) is 11.5 Å². The molecule has 1 heterocycles. The first-order chi connectivity index (χ1) is 9.69. The molecule has 1 aliphatic heterocycles. The molecule has 2 aromatic carbocycles. The highest BCUT2D eigenvalue weighted by Gasteiger charge is 2.27. The van der Waals surface area contributed by atoms with Gasteiger partial charge in [-0.15, -0.1) is 0 Å². The molecular formula is C16H13NO3. The minimum atomic E-state index is -0.147. The number of para-hydroxylation sites is 1. The maximum Gasteiger partial charge on any atom is 0.231 e. The van der Waals surface area contributed by atoms with E-state index in [4.69, 9.17) is 15.2 Å². The molecule has 0 atom stereocenters. The van der Waals surface area contributed by atoms with Crippen molar-refractivity contribution >= 4 is 17.5 Å². The molecule has 100 valence electrons. The van der Waals surface area contributed by atoms with Gasteiger partial charge in [0.2, 0.25) is 5.78 Å². The molecule has 4 heteroatoms. The van der Waals surface area contributed by atoms with Crippen LogP contribution >= 0.6 is 0 Å². The summed E-state index contributed by atoms with van der Waals surface area (Å²) in [6, 6.07) is 12.4. The van der Waals surface area contributed by atoms with Gasteiger partial charge in [0.05, 0.1) is 12.7 Å². The van der Waals surface area contributed by atoms with Crippen molar-refractivity contribution in [3.63, 3.8) is 0 Å². The predicted octanol–water partition coefficient (Wildman–Crippen LogP) is 2.89. The molecule has 2 N–H and O–H groups in total. The second-order valence-corrected chi connectivity index (χ2v) is 4.43. The van der Waals surface area contributed by atoms with Gasteiger partial charge in [-0.05, 0) is 24.3 Å². The third-order valence-electron chi connectivity index (χ3n) is 3.16. The lowest BCUT2D eigenvalue weighted by Crippen LogP contribution is -1.99. The topological polar surface area (TPSA) is 61.6 Å². The summed E-state index contributed by atoms with van der Waals surface area (Å²) in [4.78, 5) is 12.2. The van der Waals surface area contributed by atoms with Crippen molar-refractivity contribution in [1.82, 2.24) is 0 Å². The number of carbonyl (C=O) groups excluding carboxylic acids is 1. The van der Waals surface area contributed by atoms with Crippen LogP contribution in [0.4, 0.5) is 5.69 Å². The van der Waals surface area contributed by atoms with E-state index in [9.17, 15) is 4.79 Å². The lowest BCUT2D eigenvalue weighted by molar-refractivity contribution is 0.101. The van der Waals surface area contributed by atoms with Crippen molar-refractivity contribution in [1.29, 1.82) is 0 Å². The molecule has 0 saturated carbocycles. The van der Waals surface area contributed by atoms with Crippen LogP contribution in [-0.4, -0.2) is 12.9 Å². The largest absolute Gasteiger partial charge is 0.497 e. The normalized spacial score (nSPS) is 15.1. The Morgan fingerprint density at radius 3 is 2.75 bits per heavy atom. The molecule has 0 amide bonds. The fraction of sp³-hybridized carbons (Fsp3) is 0.0625. The number of ketones is 1. The van der Waals surface area contributed by atoms with E-state index in [0.29, 0.717) is 22.7 Å². The Labute approximate surface area is 116 Å². The predicted molar refractivity (Wildman–Crippen MR) is 76.8 cm³/mol. The monoisotopic (exact) mass is 267 g/mol. The van der Waals surface area contributed by atoms with E-state index in [0.717, 1.165) is 5.56 Å². The lowest BCUT2D eigenvalue weighted by Gasteiger charge is -2.02. The van der Waals surface area contributed by atoms with Crippen LogP contribution in [-0.2, 0) is 0 Å². The Balaban J connectivity index is 1.99. The molecule has 0 bridgehead atoms. The van der Waals surface area contributed by atoms with Gasteiger partial charge in [0.25, 0.3) is 0 Å². The highest BCUT2D eigenvalue weighted by molar-refractivity contribution is 6.14. The SMILES string of the molecule is COc1ccc2c(c1)O/C(=C/c1ccccc1N)C2=O. The maximum absolute atomic E-state index is 12.2. The zero-order chi connectivity index (χ0) is 14.1. The Morgan fingerprint density at radius 1 is 1.20 bits per heavy atom. The third kappa shape index (κ3) is 2.01. The first-order valence-electron chi connectivity index (χ1n) is 6.16. The number of fused-ring (bicyclic) bond motifs is 1. The van der Waals surface area contributed by atoms with Crippen molar-refractivity contribution in [2.75, 3.05) is 12.8 Å². The summed E-state index contributed by atoms with van der Waals surface area (Å²) in [6.07, 6.45) is 1.66. The van der Waals surface area contributed by atoms with Gasteiger partial charge in [0.15, 0.2) is 5.76 Å². The number of methoxy groups -OCH3 is 1. The van der Waals surface area contributed by atoms with Crippen molar-refractivity contribution in [3.05, 3.63) is 59.4 Å². The molecular weight excluding hydrogens is 254 g/mol. The van der Waals surface area contributed by atoms with E-state index in [1.165, 1.54) is 0 Å². The van der Waals surface area contributed by atoms with Gasteiger partial charge in [-0.1, -0.05) is 18.2 Å². The van der Waals surface area contributed by atoms with Gasteiger partial charge in [0, 0.05) is 17.3 Å². The second-order valence-electron chi connectivity index (χ2n) is 4.43. The van der Waals surface area contributed by atoms with E-state index in [1.54, 1.807) is 37.5 Å². The van der Waals surface area contributed by atoms with Crippen LogP contribution in [0.1, 0.15) is 15.9 Å². The highest BCUT2D eigenvalue weighted by Crippen LogP contribution is 2.35. The van der Waals surface area contributed by atoms with Crippen LogP contribution in [0.25, 0.3) is 6.08 Å². The average molecular weight is 267 g/mol. The van der Waals surface area contributed by atoms with E-state index >= 15 is 0 Å². The van der Waals surface area contributed by atoms with Gasteiger partial charge < -0.3 is 15.2 Å². The van der Waals surface area contributed by atoms with Crippen LogP contribution < -0.4 is 15.2 Å². The zero-order valence-electron chi connectivity index (χ0n) is 10.9. The molecule has 0 aromatic heterocycles. The van der Waals surface area contributed by atoms with Gasteiger partial charge in [-0.25, -0.2) is 0 Å². The molecule has 0 saturated heterocycles. The van der Waals surface area contributed by atoms with Crippen LogP contribution in [0.3, 0.4) is 0 Å². The van der Waals surface area contributed by atoms with Crippen molar-refractivity contribution in [2.24, 2.45) is 0 Å². The molecule has 2 aromatic rings. The number of Topliss-reactive ketones (excluding diaryl/α,β-unsaturated/α-hetero) is 1. The quantitative estimate of drug-likeness (QED) is 0.671. The molecule has 20 heavy (non-hydrogen) atoms. The average Bonchev–Trinajstić information content (AvgIpc) is 2.77. The molecule has 0 fully saturated rings. The summed E-state index contributed by atoms with van der Waals surface area (Å²) < 4.78 is 10.7. The summed E-state index contributed by atoms with van der Waals surface area (Å²) in [5.74, 6) is 1.28. The summed E-state index contributed by atoms with van der Waals surface area (Å²) in [5.41, 5.74) is 7.76. The number of anilines is 1. The number of nitrogen functional groups attached to an aromatic ring is 1. The Kier molecular flexibility index (Phi) is 2.91. The molecule has 0 unspecified atom stereocenters. The number of ether oxygens (including phenoxy) is 2. The molecule has 3 rings (SSSR count). The summed E-state index contributed by atoms with van der Waals surface area (Å²) in [7, 11) is 1.57. The van der Waals surface area contributed by atoms with E-state index in [1.807, 2.05) is 18.2 Å². The number of carbonyl (C=O) groups is 1. The number of hydrogen-bond donors (Lipinski definition) is 1. The van der Waals surface area contributed by atoms with E-state index < -0.39 is 0 Å². The van der Waals surface area contributed by atoms with E-state index in [2.05, 4.69) is 0 Å². The summed E-state index contributed by atoms with van der Waals surface area (Å²) in [6.45, 7) is 0. The Morgan fingerprint density at radius 2 is 2.00 bits per heavy atom. The minimum absolute atomic E-state index is 0.147. The minimum Gasteiger partial charge on any atom is -0.497 e. The fourth-order valence-corrected chi connectivity index (χ4v) is 2.08. The van der Waals surface area contributed by atoms with Gasteiger partial charge in [0.1, 0.15) is 11.5 Å². The Bertz CT molecular complexity index is 719. The number of allylic oxidation sites excluding steroid dienone is 1. The maximum atomic E-state index is 12.2. The van der Waals surface area contributed by atoms with E-state index in [-0.39, 0.29) is 11.5 Å². The molecule has 4 nitrogen and oxygen atoms in total. The smallest absolute Gasteiger partial charge is 0.231 e. The molecule has 0 aliphatic carbocycles. The first kappa shape index (κ1) is 12.3. The summed E-state index contributed by atoms with van der Waals surface area (Å²) >= 11 is 0. The van der Waals surface area contributed by atoms with Crippen LogP contribution in [0.5, 0.6) is 11.5 Å². The molecule has 1 aliphatic rings. The van der Waals surface area contributed by atoms with Crippen LogP contribution in [0.2, 0.25) is 0 Å². The number of rotatable bonds is 2. The molecule has 0 radical (unpaired) electrons. The van der Waals surface area contributed by atoms with Crippen LogP contribution in [0.15, 0.2) is 48.2 Å². The van der Waals surface area contributed by atoms with Crippen LogP contribution in [0, 0.1) is 0 Å². The Hall–Kier alpha value is -2.75. The van der Waals surface area contributed by atoms with Gasteiger partial charge in [-0.2, -0.15) is 0 Å². The van der Waals surface area contributed by atoms with Gasteiger partial charge >= 0.3 is 0 Å². The standard InChI is InChI=1S/C16H13NO3/c1-19-11-6-7-12-14(9-11)20-15(16(12)18)8-10-4-2-3-5-13(10)17/h2-9H,17H2,1H3/b15-8+. The fourth-order valence-electron chi connectivity index (χ4n) is 2.08.